The lowest BCUT2D eigenvalue weighted by Crippen LogP contribution is -2.12. The fraction of sp³-hybridized carbons (Fsp3) is 0.0952. The SMILES string of the molecule is O=C(Nc1ccccc1Br)c1ccc(OCCSc2ccccc2)cc1. The highest BCUT2D eigenvalue weighted by Gasteiger charge is 2.08. The number of thioether (sulfide) groups is 1. The summed E-state index contributed by atoms with van der Waals surface area (Å²) in [6.45, 7) is 0.613. The topological polar surface area (TPSA) is 38.3 Å². The first-order valence-electron chi connectivity index (χ1n) is 8.19. The molecule has 3 nitrogen and oxygen atoms in total. The van der Waals surface area contributed by atoms with E-state index < -0.39 is 0 Å². The third-order valence-electron chi connectivity index (χ3n) is 3.60. The minimum absolute atomic E-state index is 0.150. The Morgan fingerprint density at radius 2 is 1.62 bits per heavy atom. The second-order valence-corrected chi connectivity index (χ2v) is 7.49. The third-order valence-corrected chi connectivity index (χ3v) is 5.27. The van der Waals surface area contributed by atoms with Crippen LogP contribution in [0.2, 0.25) is 0 Å². The van der Waals surface area contributed by atoms with Crippen LogP contribution in [0.15, 0.2) is 88.2 Å². The number of anilines is 1. The molecule has 0 heterocycles. The van der Waals surface area contributed by atoms with E-state index in [9.17, 15) is 4.79 Å². The molecule has 0 bridgehead atoms. The zero-order chi connectivity index (χ0) is 18.2. The number of benzene rings is 3. The molecular formula is C21H18BrNO2S. The first kappa shape index (κ1) is 18.5. The van der Waals surface area contributed by atoms with Gasteiger partial charge in [-0.25, -0.2) is 0 Å². The lowest BCUT2D eigenvalue weighted by Gasteiger charge is -2.09. The molecule has 26 heavy (non-hydrogen) atoms. The van der Waals surface area contributed by atoms with Crippen molar-refractivity contribution in [2.75, 3.05) is 17.7 Å². The number of carbonyl (C=O) groups excluding carboxylic acids is 1. The molecule has 0 aliphatic carbocycles. The summed E-state index contributed by atoms with van der Waals surface area (Å²) >= 11 is 5.18. The smallest absolute Gasteiger partial charge is 0.255 e. The fourth-order valence-corrected chi connectivity index (χ4v) is 3.43. The Bertz CT molecular complexity index is 853. The van der Waals surface area contributed by atoms with E-state index in [2.05, 4.69) is 33.4 Å². The lowest BCUT2D eigenvalue weighted by molar-refractivity contribution is 0.102. The van der Waals surface area contributed by atoms with Gasteiger partial charge in [0.25, 0.3) is 5.91 Å². The third kappa shape index (κ3) is 5.38. The Kier molecular flexibility index (Phi) is 6.75. The summed E-state index contributed by atoms with van der Waals surface area (Å²) in [5, 5.41) is 2.89. The second-order valence-electron chi connectivity index (χ2n) is 5.47. The number of carbonyl (C=O) groups is 1. The molecule has 0 radical (unpaired) electrons. The van der Waals surface area contributed by atoms with Crippen LogP contribution in [0.1, 0.15) is 10.4 Å². The molecule has 1 N–H and O–H groups in total. The maximum Gasteiger partial charge on any atom is 0.255 e. The molecule has 5 heteroatoms. The van der Waals surface area contributed by atoms with Gasteiger partial charge in [0.05, 0.1) is 12.3 Å². The number of rotatable bonds is 7. The zero-order valence-corrected chi connectivity index (χ0v) is 16.4. The van der Waals surface area contributed by atoms with E-state index in [4.69, 9.17) is 4.74 Å². The van der Waals surface area contributed by atoms with Crippen LogP contribution in [0, 0.1) is 0 Å². The summed E-state index contributed by atoms with van der Waals surface area (Å²) in [5.74, 6) is 1.48. The van der Waals surface area contributed by atoms with E-state index in [1.54, 1.807) is 23.9 Å². The maximum atomic E-state index is 12.3. The van der Waals surface area contributed by atoms with Crippen LogP contribution < -0.4 is 10.1 Å². The standard InChI is InChI=1S/C21H18BrNO2S/c22-19-8-4-5-9-20(19)23-21(24)16-10-12-17(13-11-16)25-14-15-26-18-6-2-1-3-7-18/h1-13H,14-15H2,(H,23,24). The normalized spacial score (nSPS) is 10.3. The number of para-hydroxylation sites is 1. The lowest BCUT2D eigenvalue weighted by atomic mass is 10.2. The zero-order valence-electron chi connectivity index (χ0n) is 14.0. The van der Waals surface area contributed by atoms with E-state index in [0.717, 1.165) is 21.7 Å². The highest BCUT2D eigenvalue weighted by atomic mass is 79.9. The number of ether oxygens (including phenoxy) is 1. The molecule has 0 aliphatic rings. The van der Waals surface area contributed by atoms with E-state index >= 15 is 0 Å². The number of halogens is 1. The van der Waals surface area contributed by atoms with Crippen molar-refractivity contribution in [1.82, 2.24) is 0 Å². The van der Waals surface area contributed by atoms with Crippen molar-refractivity contribution < 1.29 is 9.53 Å². The molecule has 3 aromatic carbocycles. The van der Waals surface area contributed by atoms with Crippen LogP contribution in [-0.2, 0) is 0 Å². The van der Waals surface area contributed by atoms with E-state index in [1.165, 1.54) is 4.90 Å². The van der Waals surface area contributed by atoms with Gasteiger partial charge in [0, 0.05) is 20.7 Å². The van der Waals surface area contributed by atoms with E-state index in [1.807, 2.05) is 54.6 Å². The van der Waals surface area contributed by atoms with Gasteiger partial charge in [0.2, 0.25) is 0 Å². The molecule has 0 saturated heterocycles. The van der Waals surface area contributed by atoms with Crippen LogP contribution in [0.3, 0.4) is 0 Å². The number of hydrogen-bond donors (Lipinski definition) is 1. The first-order valence-corrected chi connectivity index (χ1v) is 9.97. The predicted molar refractivity (Wildman–Crippen MR) is 111 cm³/mol. The second kappa shape index (κ2) is 9.46. The number of nitrogens with one attached hydrogen (secondary N) is 1. The van der Waals surface area contributed by atoms with Crippen LogP contribution in [0.4, 0.5) is 5.69 Å². The van der Waals surface area contributed by atoms with Gasteiger partial charge in [-0.1, -0.05) is 30.3 Å². The average Bonchev–Trinajstić information content (AvgIpc) is 2.68. The molecular weight excluding hydrogens is 410 g/mol. The van der Waals surface area contributed by atoms with Crippen LogP contribution in [-0.4, -0.2) is 18.3 Å². The van der Waals surface area contributed by atoms with Crippen molar-refractivity contribution in [1.29, 1.82) is 0 Å². The molecule has 0 atom stereocenters. The van der Waals surface area contributed by atoms with Gasteiger partial charge >= 0.3 is 0 Å². The fourth-order valence-electron chi connectivity index (χ4n) is 2.30. The van der Waals surface area contributed by atoms with Gasteiger partial charge < -0.3 is 10.1 Å². The predicted octanol–water partition coefficient (Wildman–Crippen LogP) is 5.87. The Balaban J connectivity index is 1.48. The monoisotopic (exact) mass is 427 g/mol. The summed E-state index contributed by atoms with van der Waals surface area (Å²) in [6.07, 6.45) is 0. The highest BCUT2D eigenvalue weighted by molar-refractivity contribution is 9.10. The van der Waals surface area contributed by atoms with Crippen molar-refractivity contribution in [3.8, 4) is 5.75 Å². The van der Waals surface area contributed by atoms with Crippen molar-refractivity contribution >= 4 is 39.3 Å². The molecule has 0 aromatic heterocycles. The molecule has 0 aliphatic heterocycles. The molecule has 3 rings (SSSR count). The van der Waals surface area contributed by atoms with Gasteiger partial charge in [0.15, 0.2) is 0 Å². The molecule has 0 spiro atoms. The average molecular weight is 428 g/mol. The van der Waals surface area contributed by atoms with Crippen molar-refractivity contribution in [3.63, 3.8) is 0 Å². The largest absolute Gasteiger partial charge is 0.493 e. The Morgan fingerprint density at radius 1 is 0.923 bits per heavy atom. The van der Waals surface area contributed by atoms with Crippen LogP contribution >= 0.6 is 27.7 Å². The minimum Gasteiger partial charge on any atom is -0.493 e. The number of hydrogen-bond acceptors (Lipinski definition) is 3. The van der Waals surface area contributed by atoms with Gasteiger partial charge in [-0.2, -0.15) is 0 Å². The minimum atomic E-state index is -0.150. The summed E-state index contributed by atoms with van der Waals surface area (Å²) in [5.41, 5.74) is 1.34. The molecule has 0 unspecified atom stereocenters. The van der Waals surface area contributed by atoms with Crippen LogP contribution in [0.5, 0.6) is 5.75 Å². The highest BCUT2D eigenvalue weighted by Crippen LogP contribution is 2.22. The first-order chi connectivity index (χ1) is 12.7. The molecule has 132 valence electrons. The van der Waals surface area contributed by atoms with E-state index in [0.29, 0.717) is 12.2 Å². The summed E-state index contributed by atoms with van der Waals surface area (Å²) in [6, 6.07) is 24.9. The maximum absolute atomic E-state index is 12.3. The van der Waals surface area contributed by atoms with Gasteiger partial charge in [-0.3, -0.25) is 4.79 Å². The van der Waals surface area contributed by atoms with E-state index in [-0.39, 0.29) is 5.91 Å². The summed E-state index contributed by atoms with van der Waals surface area (Å²) in [4.78, 5) is 13.6. The number of amides is 1. The Morgan fingerprint density at radius 3 is 2.35 bits per heavy atom. The van der Waals surface area contributed by atoms with Crippen molar-refractivity contribution in [2.45, 2.75) is 4.90 Å². The van der Waals surface area contributed by atoms with Gasteiger partial charge in [-0.05, 0) is 64.5 Å². The van der Waals surface area contributed by atoms with Gasteiger partial charge in [0.1, 0.15) is 5.75 Å². The quantitative estimate of drug-likeness (QED) is 0.378. The molecule has 0 saturated carbocycles. The Labute approximate surface area is 165 Å². The molecule has 1 amide bonds. The van der Waals surface area contributed by atoms with Gasteiger partial charge in [-0.15, -0.1) is 11.8 Å². The summed E-state index contributed by atoms with van der Waals surface area (Å²) < 4.78 is 6.59. The summed E-state index contributed by atoms with van der Waals surface area (Å²) in [7, 11) is 0. The Hall–Kier alpha value is -2.24. The molecule has 3 aromatic rings. The van der Waals surface area contributed by atoms with Crippen molar-refractivity contribution in [3.05, 3.63) is 88.9 Å². The van der Waals surface area contributed by atoms with Crippen molar-refractivity contribution in [2.24, 2.45) is 0 Å². The van der Waals surface area contributed by atoms with Crippen LogP contribution in [0.25, 0.3) is 0 Å². The molecule has 0 fully saturated rings.